The van der Waals surface area contributed by atoms with Crippen LogP contribution in [0.3, 0.4) is 0 Å². The van der Waals surface area contributed by atoms with Gasteiger partial charge < -0.3 is 19.8 Å². The minimum absolute atomic E-state index is 0.0230. The van der Waals surface area contributed by atoms with Crippen LogP contribution >= 0.6 is 11.6 Å². The Morgan fingerprint density at radius 1 is 1.21 bits per heavy atom. The highest BCUT2D eigenvalue weighted by Gasteiger charge is 2.37. The van der Waals surface area contributed by atoms with Crippen LogP contribution in [0.2, 0.25) is 5.02 Å². The molecule has 1 aliphatic carbocycles. The zero-order chi connectivity index (χ0) is 24.2. The standard InChI is InChI=1S/C25H31ClN2O6/c1-15-11-17-12-16(17)5-2-3-6-18(27-33-10-9-28-8-4-7-22(28)31)13-19-23(25(32)34-15)20(29)14-21(30)24(19)26/h2-3,5-6,14-18,27,29-30H,4,7-13H2,1H3/b5-2-,6-3+/t15-,16-,17-,18?/m1/s1. The van der Waals surface area contributed by atoms with E-state index < -0.39 is 12.0 Å². The molecular formula is C25H31ClN2O6. The second kappa shape index (κ2) is 10.8. The van der Waals surface area contributed by atoms with Crippen molar-refractivity contribution in [2.45, 2.75) is 51.2 Å². The van der Waals surface area contributed by atoms with Gasteiger partial charge in [0, 0.05) is 25.6 Å². The van der Waals surface area contributed by atoms with Crippen molar-refractivity contribution in [1.29, 1.82) is 0 Å². The minimum atomic E-state index is -0.678. The number of esters is 1. The molecule has 2 aliphatic heterocycles. The number of fused-ring (bicyclic) bond motifs is 2. The molecule has 34 heavy (non-hydrogen) atoms. The third kappa shape index (κ3) is 5.92. The van der Waals surface area contributed by atoms with E-state index in [0.717, 1.165) is 31.9 Å². The molecule has 0 spiro atoms. The maximum absolute atomic E-state index is 13.0. The molecule has 1 unspecified atom stereocenters. The lowest BCUT2D eigenvalue weighted by Gasteiger charge is -2.21. The van der Waals surface area contributed by atoms with Crippen LogP contribution in [0, 0.1) is 11.8 Å². The van der Waals surface area contributed by atoms with Crippen molar-refractivity contribution in [2.75, 3.05) is 19.7 Å². The number of hydroxylamine groups is 1. The highest BCUT2D eigenvalue weighted by atomic mass is 35.5. The van der Waals surface area contributed by atoms with Crippen molar-refractivity contribution >= 4 is 23.5 Å². The SMILES string of the molecule is C[C@@H]1C[C@@H]2C[C@H]2/C=C\C=C\C(NOCCN2CCCC2=O)Cc2c(Cl)c(O)cc(O)c2C(=O)O1. The molecule has 1 aromatic carbocycles. The predicted molar refractivity (Wildman–Crippen MR) is 127 cm³/mol. The van der Waals surface area contributed by atoms with Gasteiger partial charge in [-0.3, -0.25) is 9.63 Å². The summed E-state index contributed by atoms with van der Waals surface area (Å²) in [6.07, 6.45) is 11.0. The van der Waals surface area contributed by atoms with Crippen LogP contribution in [-0.2, 0) is 20.8 Å². The lowest BCUT2D eigenvalue weighted by Crippen LogP contribution is -2.35. The first-order valence-corrected chi connectivity index (χ1v) is 12.2. The van der Waals surface area contributed by atoms with Crippen LogP contribution in [0.4, 0.5) is 0 Å². The van der Waals surface area contributed by atoms with Gasteiger partial charge >= 0.3 is 5.97 Å². The fourth-order valence-corrected chi connectivity index (χ4v) is 4.86. The number of aromatic hydroxyl groups is 2. The number of hydrogen-bond acceptors (Lipinski definition) is 7. The number of nitrogens with one attached hydrogen (secondary N) is 1. The van der Waals surface area contributed by atoms with E-state index >= 15 is 0 Å². The van der Waals surface area contributed by atoms with E-state index in [1.807, 2.05) is 25.2 Å². The van der Waals surface area contributed by atoms with E-state index in [1.165, 1.54) is 0 Å². The summed E-state index contributed by atoms with van der Waals surface area (Å²) in [6, 6.07) is 0.622. The number of rotatable bonds is 5. The molecule has 0 bridgehead atoms. The van der Waals surface area contributed by atoms with Gasteiger partial charge in [-0.25, -0.2) is 4.79 Å². The highest BCUT2D eigenvalue weighted by Crippen LogP contribution is 2.44. The first-order chi connectivity index (χ1) is 16.3. The number of hydrogen-bond donors (Lipinski definition) is 3. The molecule has 4 rings (SSSR count). The molecule has 2 heterocycles. The van der Waals surface area contributed by atoms with Crippen molar-refractivity contribution < 1.29 is 29.4 Å². The van der Waals surface area contributed by atoms with Crippen LogP contribution in [0.1, 0.15) is 48.5 Å². The quantitative estimate of drug-likeness (QED) is 0.329. The van der Waals surface area contributed by atoms with E-state index in [4.69, 9.17) is 21.2 Å². The number of cyclic esters (lactones) is 1. The lowest BCUT2D eigenvalue weighted by atomic mass is 9.98. The number of amides is 1. The number of nitrogens with zero attached hydrogens (tertiary/aromatic N) is 1. The number of halogens is 1. The zero-order valence-electron chi connectivity index (χ0n) is 19.2. The Balaban J connectivity index is 1.55. The third-order valence-corrected chi connectivity index (χ3v) is 6.97. The summed E-state index contributed by atoms with van der Waals surface area (Å²) < 4.78 is 5.62. The van der Waals surface area contributed by atoms with Gasteiger partial charge in [-0.05, 0) is 50.0 Å². The number of phenols is 2. The van der Waals surface area contributed by atoms with E-state index in [9.17, 15) is 19.8 Å². The second-order valence-corrected chi connectivity index (χ2v) is 9.60. The second-order valence-electron chi connectivity index (χ2n) is 9.22. The molecule has 184 valence electrons. The van der Waals surface area contributed by atoms with Gasteiger partial charge in [-0.1, -0.05) is 35.9 Å². The van der Waals surface area contributed by atoms with Crippen molar-refractivity contribution in [3.63, 3.8) is 0 Å². The van der Waals surface area contributed by atoms with Crippen molar-refractivity contribution in [3.05, 3.63) is 46.5 Å². The smallest absolute Gasteiger partial charge is 0.342 e. The van der Waals surface area contributed by atoms with Crippen molar-refractivity contribution in [1.82, 2.24) is 10.4 Å². The number of carbonyl (C=O) groups excluding carboxylic acids is 2. The average molecular weight is 491 g/mol. The molecule has 3 aliphatic rings. The Labute approximate surface area is 204 Å². The molecule has 9 heteroatoms. The Bertz CT molecular complexity index is 994. The van der Waals surface area contributed by atoms with Crippen LogP contribution in [0.5, 0.6) is 11.5 Å². The summed E-state index contributed by atoms with van der Waals surface area (Å²) in [4.78, 5) is 32.2. The van der Waals surface area contributed by atoms with Crippen molar-refractivity contribution in [2.24, 2.45) is 11.8 Å². The molecule has 1 saturated carbocycles. The average Bonchev–Trinajstić information content (AvgIpc) is 3.38. The van der Waals surface area contributed by atoms with Crippen molar-refractivity contribution in [3.8, 4) is 11.5 Å². The summed E-state index contributed by atoms with van der Waals surface area (Å²) in [6.45, 7) is 3.35. The largest absolute Gasteiger partial charge is 0.507 e. The fraction of sp³-hybridized carbons (Fsp3) is 0.520. The molecule has 2 fully saturated rings. The number of carbonyl (C=O) groups is 2. The van der Waals surface area contributed by atoms with Gasteiger partial charge in [0.1, 0.15) is 17.1 Å². The van der Waals surface area contributed by atoms with Crippen LogP contribution in [0.25, 0.3) is 0 Å². The maximum atomic E-state index is 13.0. The van der Waals surface area contributed by atoms with Crippen LogP contribution in [0.15, 0.2) is 30.4 Å². The summed E-state index contributed by atoms with van der Waals surface area (Å²) in [5.41, 5.74) is 3.17. The number of ether oxygens (including phenoxy) is 1. The Morgan fingerprint density at radius 3 is 2.76 bits per heavy atom. The summed E-state index contributed by atoms with van der Waals surface area (Å²) in [5, 5.41) is 20.7. The van der Waals surface area contributed by atoms with Gasteiger partial charge in [-0.15, -0.1) is 0 Å². The first-order valence-electron chi connectivity index (χ1n) is 11.8. The number of benzene rings is 1. The van der Waals surface area contributed by atoms with Gasteiger partial charge in [0.2, 0.25) is 5.91 Å². The molecule has 1 saturated heterocycles. The Morgan fingerprint density at radius 2 is 2.00 bits per heavy atom. The molecule has 3 N–H and O–H groups in total. The van der Waals surface area contributed by atoms with E-state index in [1.54, 1.807) is 4.90 Å². The number of phenolic OH excluding ortho intramolecular Hbond substituents is 2. The van der Waals surface area contributed by atoms with Gasteiger partial charge in [0.05, 0.1) is 23.8 Å². The molecule has 8 nitrogen and oxygen atoms in total. The fourth-order valence-electron chi connectivity index (χ4n) is 4.63. The van der Waals surface area contributed by atoms with Gasteiger partial charge in [-0.2, -0.15) is 5.48 Å². The summed E-state index contributed by atoms with van der Waals surface area (Å²) >= 11 is 6.38. The van der Waals surface area contributed by atoms with E-state index in [0.29, 0.717) is 31.4 Å². The van der Waals surface area contributed by atoms with Gasteiger partial charge in [0.15, 0.2) is 0 Å². The summed E-state index contributed by atoms with van der Waals surface area (Å²) in [5.74, 6) is -0.343. The molecule has 1 amide bonds. The topological polar surface area (TPSA) is 108 Å². The number of allylic oxidation sites excluding steroid dienone is 3. The van der Waals surface area contributed by atoms with E-state index in [2.05, 4.69) is 11.6 Å². The molecule has 0 aromatic heterocycles. The normalized spacial score (nSPS) is 29.1. The molecule has 1 aromatic rings. The highest BCUT2D eigenvalue weighted by molar-refractivity contribution is 6.33. The first kappa shape index (κ1) is 24.6. The summed E-state index contributed by atoms with van der Waals surface area (Å²) in [7, 11) is 0. The van der Waals surface area contributed by atoms with E-state index in [-0.39, 0.29) is 46.1 Å². The third-order valence-electron chi connectivity index (χ3n) is 6.55. The minimum Gasteiger partial charge on any atom is -0.507 e. The monoisotopic (exact) mass is 490 g/mol. The van der Waals surface area contributed by atoms with Gasteiger partial charge in [0.25, 0.3) is 0 Å². The molecule has 0 radical (unpaired) electrons. The maximum Gasteiger partial charge on any atom is 0.342 e. The predicted octanol–water partition coefficient (Wildman–Crippen LogP) is 3.50. The lowest BCUT2D eigenvalue weighted by molar-refractivity contribution is -0.128. The number of likely N-dealkylation sites (tertiary alicyclic amines) is 1. The molecule has 4 atom stereocenters. The molecular weight excluding hydrogens is 460 g/mol. The Kier molecular flexibility index (Phi) is 7.80. The van der Waals surface area contributed by atoms with Crippen LogP contribution in [-0.4, -0.2) is 58.8 Å². The zero-order valence-corrected chi connectivity index (χ0v) is 20.0. The Hall–Kier alpha value is -2.55. The van der Waals surface area contributed by atoms with Crippen LogP contribution < -0.4 is 5.48 Å².